The van der Waals surface area contributed by atoms with Gasteiger partial charge in [-0.2, -0.15) is 0 Å². The summed E-state index contributed by atoms with van der Waals surface area (Å²) in [5.41, 5.74) is 0.612. The van der Waals surface area contributed by atoms with Gasteiger partial charge < -0.3 is 14.4 Å². The van der Waals surface area contributed by atoms with Gasteiger partial charge in [0.2, 0.25) is 0 Å². The third-order valence-corrected chi connectivity index (χ3v) is 5.03. The molecular formula is C22H28N4O5. The van der Waals surface area contributed by atoms with E-state index in [1.807, 2.05) is 11.5 Å². The Kier molecular flexibility index (Phi) is 6.94. The number of fused-ring (bicyclic) bond motifs is 1. The molecule has 0 aliphatic rings. The van der Waals surface area contributed by atoms with E-state index in [-0.39, 0.29) is 0 Å². The summed E-state index contributed by atoms with van der Waals surface area (Å²) in [6.45, 7) is 6.88. The predicted molar refractivity (Wildman–Crippen MR) is 118 cm³/mol. The fourth-order valence-corrected chi connectivity index (χ4v) is 3.37. The smallest absolute Gasteiger partial charge is 0.341 e. The number of aliphatic carboxylic acids is 1. The fourth-order valence-electron chi connectivity index (χ4n) is 3.37. The number of rotatable bonds is 10. The van der Waals surface area contributed by atoms with Crippen LogP contribution < -0.4 is 16.0 Å². The Morgan fingerprint density at radius 3 is 2.48 bits per heavy atom. The van der Waals surface area contributed by atoms with Crippen LogP contribution in [0.5, 0.6) is 5.75 Å². The zero-order chi connectivity index (χ0) is 22.5. The van der Waals surface area contributed by atoms with E-state index in [1.165, 1.54) is 4.57 Å². The van der Waals surface area contributed by atoms with Crippen molar-refractivity contribution >= 4 is 17.1 Å². The zero-order valence-electron chi connectivity index (χ0n) is 18.1. The van der Waals surface area contributed by atoms with E-state index in [4.69, 9.17) is 14.8 Å². The average molecular weight is 428 g/mol. The highest BCUT2D eigenvalue weighted by Crippen LogP contribution is 2.26. The first-order valence-corrected chi connectivity index (χ1v) is 10.5. The molecular weight excluding hydrogens is 400 g/mol. The molecule has 0 saturated heterocycles. The Balaban J connectivity index is 2.14. The maximum atomic E-state index is 12.7. The number of imidazole rings is 1. The monoisotopic (exact) mass is 428 g/mol. The van der Waals surface area contributed by atoms with Crippen LogP contribution in [-0.4, -0.2) is 36.8 Å². The molecule has 0 aliphatic carbocycles. The number of benzene rings is 1. The summed E-state index contributed by atoms with van der Waals surface area (Å²) in [6.07, 6.45) is 2.54. The summed E-state index contributed by atoms with van der Waals surface area (Å²) in [6, 6.07) is 6.87. The van der Waals surface area contributed by atoms with Crippen LogP contribution in [0.1, 0.15) is 40.0 Å². The van der Waals surface area contributed by atoms with Gasteiger partial charge >= 0.3 is 11.7 Å². The molecule has 31 heavy (non-hydrogen) atoms. The largest absolute Gasteiger partial charge is 0.482 e. The Hall–Kier alpha value is -3.36. The number of carboxylic acid groups (broad SMARTS) is 1. The van der Waals surface area contributed by atoms with Gasteiger partial charge in [-0.15, -0.1) is 0 Å². The molecule has 9 heteroatoms. The zero-order valence-corrected chi connectivity index (χ0v) is 18.1. The number of aryl methyl sites for hydroxylation is 2. The molecule has 1 aromatic carbocycles. The molecule has 0 amide bonds. The Labute approximate surface area is 179 Å². The third kappa shape index (κ3) is 5.04. The number of carbonyl (C=O) groups is 1. The summed E-state index contributed by atoms with van der Waals surface area (Å²) in [7, 11) is 0. The van der Waals surface area contributed by atoms with Crippen molar-refractivity contribution in [2.45, 2.75) is 53.1 Å². The lowest BCUT2D eigenvalue weighted by molar-refractivity contribution is -0.139. The average Bonchev–Trinajstić information content (AvgIpc) is 3.10. The van der Waals surface area contributed by atoms with Crippen molar-refractivity contribution in [3.8, 4) is 17.1 Å². The number of nitrogens with one attached hydrogen (secondary N) is 1. The van der Waals surface area contributed by atoms with Crippen molar-refractivity contribution in [1.82, 2.24) is 19.1 Å². The van der Waals surface area contributed by atoms with E-state index in [2.05, 4.69) is 18.8 Å². The van der Waals surface area contributed by atoms with Crippen molar-refractivity contribution in [2.75, 3.05) is 6.61 Å². The van der Waals surface area contributed by atoms with Gasteiger partial charge in [0, 0.05) is 18.7 Å². The second-order valence-corrected chi connectivity index (χ2v) is 7.91. The van der Waals surface area contributed by atoms with Gasteiger partial charge in [-0.3, -0.25) is 14.3 Å². The number of carboxylic acids is 1. The van der Waals surface area contributed by atoms with Gasteiger partial charge in [0.05, 0.1) is 0 Å². The van der Waals surface area contributed by atoms with Crippen LogP contribution in [-0.2, 0) is 17.9 Å². The molecule has 9 nitrogen and oxygen atoms in total. The number of nitrogens with zero attached hydrogens (tertiary/aromatic N) is 3. The lowest BCUT2D eigenvalue weighted by Gasteiger charge is -2.11. The van der Waals surface area contributed by atoms with Gasteiger partial charge in [-0.1, -0.05) is 27.2 Å². The van der Waals surface area contributed by atoms with E-state index in [1.54, 1.807) is 24.3 Å². The minimum Gasteiger partial charge on any atom is -0.482 e. The number of ether oxygens (including phenoxy) is 1. The van der Waals surface area contributed by atoms with Crippen molar-refractivity contribution in [3.05, 3.63) is 45.1 Å². The minimum atomic E-state index is -1.05. The highest BCUT2D eigenvalue weighted by molar-refractivity contribution is 5.77. The summed E-state index contributed by atoms with van der Waals surface area (Å²) in [5.74, 6) is 0.376. The topological polar surface area (TPSA) is 119 Å². The standard InChI is InChI=1S/C22H28N4O5/c1-4-5-11-26-20-18(21(29)24-22(26)30)25(12-10-14(2)3)19(23-20)15-6-8-16(9-7-15)31-13-17(27)28/h6-9,14H,4-5,10-13H2,1-3H3,(H,27,28)(H,24,29,30). The molecule has 2 aromatic heterocycles. The molecule has 3 rings (SSSR count). The first-order valence-electron chi connectivity index (χ1n) is 10.5. The maximum absolute atomic E-state index is 12.7. The van der Waals surface area contributed by atoms with Crippen molar-refractivity contribution in [2.24, 2.45) is 5.92 Å². The third-order valence-electron chi connectivity index (χ3n) is 5.03. The molecule has 0 radical (unpaired) electrons. The quantitative estimate of drug-likeness (QED) is 0.512. The molecule has 0 atom stereocenters. The molecule has 0 spiro atoms. The van der Waals surface area contributed by atoms with E-state index >= 15 is 0 Å². The first kappa shape index (κ1) is 22.3. The molecule has 0 saturated carbocycles. The Bertz CT molecular complexity index is 1170. The first-order chi connectivity index (χ1) is 14.8. The second kappa shape index (κ2) is 9.63. The highest BCUT2D eigenvalue weighted by Gasteiger charge is 2.20. The van der Waals surface area contributed by atoms with Gasteiger partial charge in [0.15, 0.2) is 17.8 Å². The van der Waals surface area contributed by atoms with Crippen molar-refractivity contribution in [1.29, 1.82) is 0 Å². The van der Waals surface area contributed by atoms with E-state index < -0.39 is 23.8 Å². The molecule has 166 valence electrons. The second-order valence-electron chi connectivity index (χ2n) is 7.91. The van der Waals surface area contributed by atoms with E-state index in [0.717, 1.165) is 24.8 Å². The van der Waals surface area contributed by atoms with E-state index in [0.29, 0.717) is 41.7 Å². The van der Waals surface area contributed by atoms with Crippen molar-refractivity contribution in [3.63, 3.8) is 0 Å². The normalized spacial score (nSPS) is 11.4. The number of aromatic nitrogens is 4. The summed E-state index contributed by atoms with van der Waals surface area (Å²) < 4.78 is 8.59. The van der Waals surface area contributed by atoms with E-state index in [9.17, 15) is 14.4 Å². The highest BCUT2D eigenvalue weighted by atomic mass is 16.5. The van der Waals surface area contributed by atoms with Gasteiger partial charge in [-0.25, -0.2) is 14.6 Å². The van der Waals surface area contributed by atoms with Crippen LogP contribution in [0.3, 0.4) is 0 Å². The van der Waals surface area contributed by atoms with Crippen molar-refractivity contribution < 1.29 is 14.6 Å². The number of hydrogen-bond donors (Lipinski definition) is 2. The molecule has 0 aliphatic heterocycles. The number of H-pyrrole nitrogens is 1. The van der Waals surface area contributed by atoms with Crippen LogP contribution in [0, 0.1) is 5.92 Å². The summed E-state index contributed by atoms with van der Waals surface area (Å²) in [4.78, 5) is 43.0. The fraction of sp³-hybridized carbons (Fsp3) is 0.455. The summed E-state index contributed by atoms with van der Waals surface area (Å²) in [5, 5.41) is 8.77. The number of unbranched alkanes of at least 4 members (excludes halogenated alkanes) is 1. The minimum absolute atomic E-state index is 0.382. The molecule has 0 bridgehead atoms. The maximum Gasteiger partial charge on any atom is 0.341 e. The van der Waals surface area contributed by atoms with Crippen LogP contribution in [0.2, 0.25) is 0 Å². The van der Waals surface area contributed by atoms with Gasteiger partial charge in [0.25, 0.3) is 5.56 Å². The number of aromatic amines is 1. The molecule has 2 heterocycles. The van der Waals surface area contributed by atoms with Crippen LogP contribution >= 0.6 is 0 Å². The lowest BCUT2D eigenvalue weighted by atomic mass is 10.1. The summed E-state index contributed by atoms with van der Waals surface area (Å²) >= 11 is 0. The SMILES string of the molecule is CCCCn1c(=O)[nH]c(=O)c2c1nc(-c1ccc(OCC(=O)O)cc1)n2CCC(C)C. The van der Waals surface area contributed by atoms with Crippen LogP contribution in [0.25, 0.3) is 22.6 Å². The molecule has 0 fully saturated rings. The number of hydrogen-bond acceptors (Lipinski definition) is 5. The Morgan fingerprint density at radius 2 is 1.87 bits per heavy atom. The molecule has 0 unspecified atom stereocenters. The van der Waals surface area contributed by atoms with Gasteiger partial charge in [-0.05, 0) is 43.0 Å². The molecule has 2 N–H and O–H groups in total. The lowest BCUT2D eigenvalue weighted by Crippen LogP contribution is -2.31. The Morgan fingerprint density at radius 1 is 1.16 bits per heavy atom. The van der Waals surface area contributed by atoms with Gasteiger partial charge in [0.1, 0.15) is 11.6 Å². The molecule has 3 aromatic rings. The van der Waals surface area contributed by atoms with Crippen LogP contribution in [0.4, 0.5) is 0 Å². The van der Waals surface area contributed by atoms with Crippen LogP contribution in [0.15, 0.2) is 33.9 Å². The predicted octanol–water partition coefficient (Wildman–Crippen LogP) is 2.86.